The highest BCUT2D eigenvalue weighted by atomic mass is 32.2. The predicted octanol–water partition coefficient (Wildman–Crippen LogP) is 1.85. The van der Waals surface area contributed by atoms with Gasteiger partial charge in [0.2, 0.25) is 5.95 Å². The van der Waals surface area contributed by atoms with Crippen LogP contribution >= 0.6 is 11.8 Å². The Morgan fingerprint density at radius 2 is 2.44 bits per heavy atom. The van der Waals surface area contributed by atoms with E-state index in [-0.39, 0.29) is 17.6 Å². The van der Waals surface area contributed by atoms with Gasteiger partial charge in [-0.1, -0.05) is 6.07 Å². The van der Waals surface area contributed by atoms with Crippen LogP contribution in [0.25, 0.3) is 0 Å². The van der Waals surface area contributed by atoms with Gasteiger partial charge in [-0.15, -0.1) is 0 Å². The van der Waals surface area contributed by atoms with E-state index in [1.54, 1.807) is 0 Å². The third kappa shape index (κ3) is 2.95. The smallest absolute Gasteiger partial charge is 0.270 e. The lowest BCUT2D eigenvalue weighted by Crippen LogP contribution is -2.38. The van der Waals surface area contributed by atoms with Crippen molar-refractivity contribution in [2.24, 2.45) is 0 Å². The molecule has 0 saturated carbocycles. The number of nitrogens with zero attached hydrogens (tertiary/aromatic N) is 1. The van der Waals surface area contributed by atoms with Crippen molar-refractivity contribution < 1.29 is 9.18 Å². The Labute approximate surface area is 97.8 Å². The molecule has 3 nitrogen and oxygen atoms in total. The molecular formula is C11H13FN2OS. The Morgan fingerprint density at radius 3 is 3.12 bits per heavy atom. The molecule has 86 valence electrons. The summed E-state index contributed by atoms with van der Waals surface area (Å²) in [5, 5.41) is 2.87. The molecule has 1 saturated heterocycles. The fraction of sp³-hybridized carbons (Fsp3) is 0.455. The first-order valence-corrected chi connectivity index (χ1v) is 6.42. The number of carbonyl (C=O) groups is 1. The van der Waals surface area contributed by atoms with Gasteiger partial charge in [0.25, 0.3) is 5.91 Å². The summed E-state index contributed by atoms with van der Waals surface area (Å²) in [4.78, 5) is 15.3. The van der Waals surface area contributed by atoms with Crippen LogP contribution in [0.3, 0.4) is 0 Å². The van der Waals surface area contributed by atoms with Crippen LogP contribution in [-0.4, -0.2) is 28.4 Å². The van der Waals surface area contributed by atoms with Gasteiger partial charge in [-0.3, -0.25) is 4.79 Å². The van der Waals surface area contributed by atoms with Crippen molar-refractivity contribution in [1.29, 1.82) is 0 Å². The number of pyridine rings is 1. The van der Waals surface area contributed by atoms with Crippen molar-refractivity contribution in [1.82, 2.24) is 10.3 Å². The van der Waals surface area contributed by atoms with E-state index in [1.807, 2.05) is 11.8 Å². The van der Waals surface area contributed by atoms with Gasteiger partial charge >= 0.3 is 0 Å². The number of amides is 1. The van der Waals surface area contributed by atoms with Crippen LogP contribution in [0.5, 0.6) is 0 Å². The van der Waals surface area contributed by atoms with Gasteiger partial charge in [-0.25, -0.2) is 4.98 Å². The van der Waals surface area contributed by atoms with Gasteiger partial charge in [0.1, 0.15) is 5.69 Å². The van der Waals surface area contributed by atoms with E-state index < -0.39 is 5.95 Å². The van der Waals surface area contributed by atoms with Crippen molar-refractivity contribution in [3.8, 4) is 0 Å². The number of hydrogen-bond acceptors (Lipinski definition) is 3. The highest BCUT2D eigenvalue weighted by molar-refractivity contribution is 7.99. The Kier molecular flexibility index (Phi) is 3.77. The minimum Gasteiger partial charge on any atom is -0.347 e. The zero-order valence-electron chi connectivity index (χ0n) is 8.78. The molecule has 2 heterocycles. The van der Waals surface area contributed by atoms with E-state index in [4.69, 9.17) is 0 Å². The zero-order valence-corrected chi connectivity index (χ0v) is 9.60. The number of aromatic nitrogens is 1. The molecule has 1 aliphatic heterocycles. The first kappa shape index (κ1) is 11.4. The number of rotatable bonds is 2. The van der Waals surface area contributed by atoms with E-state index in [1.165, 1.54) is 18.2 Å². The maximum Gasteiger partial charge on any atom is 0.270 e. The van der Waals surface area contributed by atoms with Gasteiger partial charge in [-0.2, -0.15) is 16.2 Å². The summed E-state index contributed by atoms with van der Waals surface area (Å²) in [7, 11) is 0. The third-order valence-corrected chi connectivity index (χ3v) is 3.66. The predicted molar refractivity (Wildman–Crippen MR) is 62.0 cm³/mol. The van der Waals surface area contributed by atoms with E-state index in [9.17, 15) is 9.18 Å². The van der Waals surface area contributed by atoms with Crippen LogP contribution < -0.4 is 5.32 Å². The van der Waals surface area contributed by atoms with E-state index in [0.717, 1.165) is 24.3 Å². The average molecular weight is 240 g/mol. The van der Waals surface area contributed by atoms with Crippen LogP contribution in [0.2, 0.25) is 0 Å². The molecule has 1 atom stereocenters. The lowest BCUT2D eigenvalue weighted by molar-refractivity contribution is 0.0932. The highest BCUT2D eigenvalue weighted by Gasteiger charge is 2.17. The van der Waals surface area contributed by atoms with Crippen LogP contribution in [0, 0.1) is 5.95 Å². The Hall–Kier alpha value is -1.10. The van der Waals surface area contributed by atoms with Crippen LogP contribution in [-0.2, 0) is 0 Å². The molecule has 1 N–H and O–H groups in total. The van der Waals surface area contributed by atoms with Crippen LogP contribution in [0.1, 0.15) is 23.3 Å². The average Bonchev–Trinajstić information content (AvgIpc) is 2.30. The molecule has 0 aromatic carbocycles. The van der Waals surface area contributed by atoms with Crippen molar-refractivity contribution >= 4 is 17.7 Å². The minimum absolute atomic E-state index is 0.149. The van der Waals surface area contributed by atoms with E-state index in [2.05, 4.69) is 10.3 Å². The summed E-state index contributed by atoms with van der Waals surface area (Å²) in [6.45, 7) is 0. The molecule has 0 aliphatic carbocycles. The molecule has 1 aliphatic rings. The normalized spacial score (nSPS) is 20.4. The molecule has 1 unspecified atom stereocenters. The summed E-state index contributed by atoms with van der Waals surface area (Å²) in [5.41, 5.74) is 0.149. The number of nitrogens with one attached hydrogen (secondary N) is 1. The molecule has 0 spiro atoms. The second kappa shape index (κ2) is 5.30. The standard InChI is InChI=1S/C11H13FN2OS/c12-10-5-1-4-9(14-10)11(15)13-8-3-2-6-16-7-8/h1,4-5,8H,2-3,6-7H2,(H,13,15). The van der Waals surface area contributed by atoms with Crippen molar-refractivity contribution in [3.05, 3.63) is 29.8 Å². The lowest BCUT2D eigenvalue weighted by Gasteiger charge is -2.22. The first-order valence-electron chi connectivity index (χ1n) is 5.27. The van der Waals surface area contributed by atoms with Crippen molar-refractivity contribution in [3.63, 3.8) is 0 Å². The number of halogens is 1. The largest absolute Gasteiger partial charge is 0.347 e. The molecular weight excluding hydrogens is 227 g/mol. The molecule has 1 amide bonds. The summed E-state index contributed by atoms with van der Waals surface area (Å²) < 4.78 is 12.8. The summed E-state index contributed by atoms with van der Waals surface area (Å²) in [6, 6.07) is 4.44. The topological polar surface area (TPSA) is 42.0 Å². The summed E-state index contributed by atoms with van der Waals surface area (Å²) >= 11 is 1.83. The van der Waals surface area contributed by atoms with E-state index in [0.29, 0.717) is 0 Å². The van der Waals surface area contributed by atoms with Crippen molar-refractivity contribution in [2.75, 3.05) is 11.5 Å². The fourth-order valence-electron chi connectivity index (χ4n) is 1.65. The number of carbonyl (C=O) groups excluding carboxylic acids is 1. The Balaban J connectivity index is 1.97. The summed E-state index contributed by atoms with van der Waals surface area (Å²) in [6.07, 6.45) is 2.11. The minimum atomic E-state index is -0.620. The molecule has 5 heteroatoms. The lowest BCUT2D eigenvalue weighted by atomic mass is 10.2. The van der Waals surface area contributed by atoms with Crippen LogP contribution in [0.4, 0.5) is 4.39 Å². The first-order chi connectivity index (χ1) is 7.75. The summed E-state index contributed by atoms with van der Waals surface area (Å²) in [5.74, 6) is 1.18. The zero-order chi connectivity index (χ0) is 11.4. The second-order valence-corrected chi connectivity index (χ2v) is 4.88. The quantitative estimate of drug-likeness (QED) is 0.802. The van der Waals surface area contributed by atoms with Crippen molar-refractivity contribution in [2.45, 2.75) is 18.9 Å². The molecule has 0 radical (unpaired) electrons. The molecule has 0 bridgehead atoms. The second-order valence-electron chi connectivity index (χ2n) is 3.73. The Morgan fingerprint density at radius 1 is 1.56 bits per heavy atom. The third-order valence-electron chi connectivity index (χ3n) is 2.44. The molecule has 1 fully saturated rings. The van der Waals surface area contributed by atoms with Gasteiger partial charge in [-0.05, 0) is 30.7 Å². The fourth-order valence-corrected chi connectivity index (χ4v) is 2.72. The van der Waals surface area contributed by atoms with Gasteiger partial charge in [0.05, 0.1) is 0 Å². The highest BCUT2D eigenvalue weighted by Crippen LogP contribution is 2.17. The molecule has 1 aromatic heterocycles. The van der Waals surface area contributed by atoms with E-state index >= 15 is 0 Å². The monoisotopic (exact) mass is 240 g/mol. The van der Waals surface area contributed by atoms with Gasteiger partial charge < -0.3 is 5.32 Å². The maximum absolute atomic E-state index is 12.8. The SMILES string of the molecule is O=C(NC1CCCSC1)c1cccc(F)n1. The molecule has 2 rings (SSSR count). The van der Waals surface area contributed by atoms with Gasteiger partial charge in [0, 0.05) is 11.8 Å². The number of hydrogen-bond donors (Lipinski definition) is 1. The maximum atomic E-state index is 12.8. The Bertz CT molecular complexity index is 380. The number of thioether (sulfide) groups is 1. The van der Waals surface area contributed by atoms with Gasteiger partial charge in [0.15, 0.2) is 0 Å². The molecule has 16 heavy (non-hydrogen) atoms. The molecule has 1 aromatic rings. The van der Waals surface area contributed by atoms with Crippen LogP contribution in [0.15, 0.2) is 18.2 Å².